The fourth-order valence-corrected chi connectivity index (χ4v) is 3.20. The highest BCUT2D eigenvalue weighted by Gasteiger charge is 2.34. The Morgan fingerprint density at radius 3 is 2.95 bits per heavy atom. The average Bonchev–Trinajstić information content (AvgIpc) is 2.95. The van der Waals surface area contributed by atoms with Gasteiger partial charge in [-0.1, -0.05) is 0 Å². The van der Waals surface area contributed by atoms with Crippen LogP contribution >= 0.6 is 27.3 Å². The normalized spacial score (nSPS) is 22.2. The smallest absolute Gasteiger partial charge is 0.315 e. The van der Waals surface area contributed by atoms with Crippen LogP contribution in [-0.4, -0.2) is 36.4 Å². The van der Waals surface area contributed by atoms with Gasteiger partial charge < -0.3 is 20.5 Å². The summed E-state index contributed by atoms with van der Waals surface area (Å²) in [6.45, 7) is 0.763. The van der Waals surface area contributed by atoms with Crippen LogP contribution in [0.3, 0.4) is 0 Å². The van der Waals surface area contributed by atoms with Gasteiger partial charge in [0.05, 0.1) is 25.8 Å². The molecule has 1 saturated heterocycles. The number of hydrogen-bond donors (Lipinski definition) is 3. The highest BCUT2D eigenvalue weighted by atomic mass is 79.9. The second kappa shape index (κ2) is 6.36. The second-order valence-electron chi connectivity index (χ2n) is 4.11. The first-order chi connectivity index (χ1) is 9.08. The third kappa shape index (κ3) is 3.68. The van der Waals surface area contributed by atoms with Gasteiger partial charge in [0, 0.05) is 9.35 Å². The minimum Gasteiger partial charge on any atom is -0.481 e. The second-order valence-corrected chi connectivity index (χ2v) is 5.96. The van der Waals surface area contributed by atoms with Crippen molar-refractivity contribution in [3.8, 4) is 0 Å². The lowest BCUT2D eigenvalue weighted by molar-refractivity contribution is -0.142. The lowest BCUT2D eigenvalue weighted by Crippen LogP contribution is -2.46. The minimum atomic E-state index is -0.955. The fraction of sp³-hybridized carbons (Fsp3) is 0.455. The first kappa shape index (κ1) is 14.3. The van der Waals surface area contributed by atoms with E-state index in [1.165, 1.54) is 11.3 Å². The molecule has 2 rings (SSSR count). The number of carboxylic acid groups (broad SMARTS) is 1. The van der Waals surface area contributed by atoms with Gasteiger partial charge in [0.2, 0.25) is 0 Å². The molecule has 1 aromatic heterocycles. The lowest BCUT2D eigenvalue weighted by atomic mass is 10.0. The topological polar surface area (TPSA) is 87.7 Å². The van der Waals surface area contributed by atoms with Crippen molar-refractivity contribution in [2.75, 3.05) is 13.2 Å². The maximum atomic E-state index is 11.7. The van der Waals surface area contributed by atoms with Gasteiger partial charge in [-0.3, -0.25) is 4.79 Å². The molecule has 0 radical (unpaired) electrons. The van der Waals surface area contributed by atoms with Gasteiger partial charge in [-0.25, -0.2) is 4.79 Å². The number of rotatable bonds is 4. The van der Waals surface area contributed by atoms with Crippen molar-refractivity contribution < 1.29 is 19.4 Å². The Balaban J connectivity index is 1.81. The van der Waals surface area contributed by atoms with Crippen LogP contribution in [0.15, 0.2) is 15.9 Å². The molecule has 2 atom stereocenters. The number of carbonyl (C=O) groups is 2. The summed E-state index contributed by atoms with van der Waals surface area (Å²) < 4.78 is 6.02. The van der Waals surface area contributed by atoms with Crippen molar-refractivity contribution in [3.63, 3.8) is 0 Å². The summed E-state index contributed by atoms with van der Waals surface area (Å²) in [5, 5.41) is 16.2. The molecule has 0 aliphatic carbocycles. The number of hydrogen-bond acceptors (Lipinski definition) is 4. The number of urea groups is 1. The molecule has 2 unspecified atom stereocenters. The first-order valence-corrected chi connectivity index (χ1v) is 7.32. The SMILES string of the molecule is O=C(NCc1sccc1Br)NC1COCC1C(=O)O. The molecular formula is C11H13BrN2O4S. The van der Waals surface area contributed by atoms with E-state index in [9.17, 15) is 9.59 Å². The quantitative estimate of drug-likeness (QED) is 0.767. The van der Waals surface area contributed by atoms with Crippen molar-refractivity contribution in [2.24, 2.45) is 5.92 Å². The van der Waals surface area contributed by atoms with Crippen LogP contribution in [0.1, 0.15) is 4.88 Å². The summed E-state index contributed by atoms with van der Waals surface area (Å²) in [6.07, 6.45) is 0. The third-order valence-corrected chi connectivity index (χ3v) is 4.74. The Kier molecular flexibility index (Phi) is 4.78. The Labute approximate surface area is 122 Å². The van der Waals surface area contributed by atoms with Crippen LogP contribution in [0, 0.1) is 5.92 Å². The summed E-state index contributed by atoms with van der Waals surface area (Å²) in [6, 6.07) is 1.04. The standard InChI is InChI=1S/C11H13BrN2O4S/c12-7-1-2-19-9(7)3-13-11(17)14-8-5-18-4-6(8)10(15)16/h1-2,6,8H,3-5H2,(H,15,16)(H2,13,14,17). The van der Waals surface area contributed by atoms with Gasteiger partial charge >= 0.3 is 12.0 Å². The van der Waals surface area contributed by atoms with Crippen molar-refractivity contribution in [3.05, 3.63) is 20.8 Å². The molecule has 0 saturated carbocycles. The predicted octanol–water partition coefficient (Wildman–Crippen LogP) is 1.41. The molecule has 2 amide bonds. The number of thiophene rings is 1. The van der Waals surface area contributed by atoms with Crippen LogP contribution in [-0.2, 0) is 16.1 Å². The number of nitrogens with one attached hydrogen (secondary N) is 2. The van der Waals surface area contributed by atoms with E-state index < -0.39 is 17.9 Å². The van der Waals surface area contributed by atoms with Crippen molar-refractivity contribution in [2.45, 2.75) is 12.6 Å². The largest absolute Gasteiger partial charge is 0.481 e. The molecule has 1 aliphatic rings. The van der Waals surface area contributed by atoms with Crippen molar-refractivity contribution >= 4 is 39.3 Å². The molecule has 104 valence electrons. The zero-order chi connectivity index (χ0) is 13.8. The molecule has 0 aromatic carbocycles. The number of ether oxygens (including phenoxy) is 1. The summed E-state index contributed by atoms with van der Waals surface area (Å²) >= 11 is 4.91. The van der Waals surface area contributed by atoms with Gasteiger partial charge in [-0.2, -0.15) is 0 Å². The Hall–Kier alpha value is -1.12. The molecule has 1 aromatic rings. The highest BCUT2D eigenvalue weighted by Crippen LogP contribution is 2.22. The van der Waals surface area contributed by atoms with Gasteiger partial charge in [0.25, 0.3) is 0 Å². The van der Waals surface area contributed by atoms with E-state index in [0.717, 1.165) is 9.35 Å². The third-order valence-electron chi connectivity index (χ3n) is 2.81. The minimum absolute atomic E-state index is 0.136. The first-order valence-electron chi connectivity index (χ1n) is 5.64. The summed E-state index contributed by atoms with van der Waals surface area (Å²) in [7, 11) is 0. The fourth-order valence-electron chi connectivity index (χ4n) is 1.77. The lowest BCUT2D eigenvalue weighted by Gasteiger charge is -2.16. The molecule has 3 N–H and O–H groups in total. The van der Waals surface area contributed by atoms with E-state index in [1.807, 2.05) is 11.4 Å². The summed E-state index contributed by atoms with van der Waals surface area (Å²) in [5.74, 6) is -1.64. The molecule has 2 heterocycles. The molecule has 0 bridgehead atoms. The van der Waals surface area contributed by atoms with Crippen LogP contribution in [0.2, 0.25) is 0 Å². The molecule has 1 fully saturated rings. The maximum absolute atomic E-state index is 11.7. The molecular weight excluding hydrogens is 336 g/mol. The molecule has 0 spiro atoms. The Bertz CT molecular complexity index is 479. The van der Waals surface area contributed by atoms with Gasteiger partial charge in [0.15, 0.2) is 0 Å². The zero-order valence-electron chi connectivity index (χ0n) is 9.89. The maximum Gasteiger partial charge on any atom is 0.315 e. The number of amides is 2. The van der Waals surface area contributed by atoms with E-state index >= 15 is 0 Å². The van der Waals surface area contributed by atoms with E-state index in [-0.39, 0.29) is 19.2 Å². The highest BCUT2D eigenvalue weighted by molar-refractivity contribution is 9.10. The van der Waals surface area contributed by atoms with Gasteiger partial charge in [-0.15, -0.1) is 11.3 Å². The van der Waals surface area contributed by atoms with E-state index in [2.05, 4.69) is 26.6 Å². The zero-order valence-corrected chi connectivity index (χ0v) is 12.3. The molecule has 19 heavy (non-hydrogen) atoms. The van der Waals surface area contributed by atoms with E-state index in [0.29, 0.717) is 6.54 Å². The Morgan fingerprint density at radius 1 is 1.53 bits per heavy atom. The van der Waals surface area contributed by atoms with Crippen LogP contribution in [0.25, 0.3) is 0 Å². The number of carboxylic acids is 1. The van der Waals surface area contributed by atoms with Crippen LogP contribution in [0.5, 0.6) is 0 Å². The van der Waals surface area contributed by atoms with Crippen LogP contribution in [0.4, 0.5) is 4.79 Å². The van der Waals surface area contributed by atoms with Crippen molar-refractivity contribution in [1.82, 2.24) is 10.6 Å². The number of halogens is 1. The van der Waals surface area contributed by atoms with Gasteiger partial charge in [-0.05, 0) is 27.4 Å². The number of carbonyl (C=O) groups excluding carboxylic acids is 1. The molecule has 1 aliphatic heterocycles. The van der Waals surface area contributed by atoms with Crippen molar-refractivity contribution in [1.29, 1.82) is 0 Å². The van der Waals surface area contributed by atoms with Crippen LogP contribution < -0.4 is 10.6 Å². The van der Waals surface area contributed by atoms with E-state index in [4.69, 9.17) is 9.84 Å². The summed E-state index contributed by atoms with van der Waals surface area (Å²) in [4.78, 5) is 23.6. The van der Waals surface area contributed by atoms with E-state index in [1.54, 1.807) is 0 Å². The Morgan fingerprint density at radius 2 is 2.32 bits per heavy atom. The summed E-state index contributed by atoms with van der Waals surface area (Å²) in [5.41, 5.74) is 0. The molecule has 8 heteroatoms. The predicted molar refractivity (Wildman–Crippen MR) is 73.1 cm³/mol. The van der Waals surface area contributed by atoms with Gasteiger partial charge in [0.1, 0.15) is 5.92 Å². The molecule has 6 nitrogen and oxygen atoms in total. The number of aliphatic carboxylic acids is 1. The monoisotopic (exact) mass is 348 g/mol. The average molecular weight is 349 g/mol.